The highest BCUT2D eigenvalue weighted by atomic mass is 32.1. The molecule has 0 spiro atoms. The molecular weight excluding hydrogens is 242 g/mol. The molecule has 1 atom stereocenters. The van der Waals surface area contributed by atoms with Crippen molar-refractivity contribution in [1.29, 1.82) is 0 Å². The van der Waals surface area contributed by atoms with Gasteiger partial charge in [-0.2, -0.15) is 0 Å². The van der Waals surface area contributed by atoms with Gasteiger partial charge >= 0.3 is 12.0 Å². The van der Waals surface area contributed by atoms with Crippen LogP contribution < -0.4 is 10.6 Å². The Hall–Kier alpha value is -1.63. The molecule has 0 aliphatic heterocycles. The quantitative estimate of drug-likeness (QED) is 0.714. The van der Waals surface area contributed by atoms with Gasteiger partial charge in [0.15, 0.2) is 0 Å². The van der Waals surface area contributed by atoms with Crippen LogP contribution in [0.3, 0.4) is 0 Å². The van der Waals surface area contributed by atoms with Gasteiger partial charge in [-0.15, -0.1) is 11.3 Å². The lowest BCUT2D eigenvalue weighted by Crippen LogP contribution is -2.40. The van der Waals surface area contributed by atoms with Crippen LogP contribution in [-0.4, -0.2) is 28.1 Å². The number of urea groups is 1. The summed E-state index contributed by atoms with van der Waals surface area (Å²) in [5.41, 5.74) is 0. The molecule has 0 bridgehead atoms. The van der Waals surface area contributed by atoms with Gasteiger partial charge in [-0.05, 0) is 13.3 Å². The Morgan fingerprint density at radius 2 is 2.35 bits per heavy atom. The minimum atomic E-state index is -0.859. The van der Waals surface area contributed by atoms with Crippen molar-refractivity contribution < 1.29 is 14.7 Å². The van der Waals surface area contributed by atoms with Crippen molar-refractivity contribution in [2.45, 2.75) is 32.4 Å². The molecule has 0 saturated carbocycles. The van der Waals surface area contributed by atoms with Gasteiger partial charge in [0.1, 0.15) is 5.01 Å². The van der Waals surface area contributed by atoms with Crippen molar-refractivity contribution in [1.82, 2.24) is 15.6 Å². The van der Waals surface area contributed by atoms with E-state index >= 15 is 0 Å². The van der Waals surface area contributed by atoms with Crippen molar-refractivity contribution in [3.05, 3.63) is 16.6 Å². The van der Waals surface area contributed by atoms with E-state index in [9.17, 15) is 9.59 Å². The largest absolute Gasteiger partial charge is 0.481 e. The van der Waals surface area contributed by atoms with E-state index in [1.54, 1.807) is 13.1 Å². The number of aromatic nitrogens is 1. The van der Waals surface area contributed by atoms with Gasteiger partial charge in [0.25, 0.3) is 0 Å². The fourth-order valence-electron chi connectivity index (χ4n) is 1.18. The number of nitrogens with one attached hydrogen (secondary N) is 2. The van der Waals surface area contributed by atoms with Gasteiger partial charge in [0.05, 0.1) is 6.54 Å². The molecule has 7 heteroatoms. The molecule has 0 saturated heterocycles. The van der Waals surface area contributed by atoms with Crippen LogP contribution >= 0.6 is 11.3 Å². The molecule has 1 aromatic heterocycles. The van der Waals surface area contributed by atoms with Crippen molar-refractivity contribution in [3.63, 3.8) is 0 Å². The normalized spacial score (nSPS) is 11.8. The van der Waals surface area contributed by atoms with E-state index in [2.05, 4.69) is 15.6 Å². The highest BCUT2D eigenvalue weighted by molar-refractivity contribution is 7.09. The van der Waals surface area contributed by atoms with E-state index in [4.69, 9.17) is 5.11 Å². The van der Waals surface area contributed by atoms with E-state index in [1.807, 2.05) is 5.38 Å². The second kappa shape index (κ2) is 6.85. The molecular formula is C10H15N3O3S. The maximum Gasteiger partial charge on any atom is 0.315 e. The second-order valence-corrected chi connectivity index (χ2v) is 4.57. The Morgan fingerprint density at radius 1 is 1.59 bits per heavy atom. The first-order chi connectivity index (χ1) is 8.08. The summed E-state index contributed by atoms with van der Waals surface area (Å²) in [5.74, 6) is -0.859. The molecule has 1 rings (SSSR count). The summed E-state index contributed by atoms with van der Waals surface area (Å²) < 4.78 is 0. The second-order valence-electron chi connectivity index (χ2n) is 3.59. The number of thiazole rings is 1. The van der Waals surface area contributed by atoms with Crippen molar-refractivity contribution in [2.24, 2.45) is 0 Å². The Kier molecular flexibility index (Phi) is 5.41. The predicted octanol–water partition coefficient (Wildman–Crippen LogP) is 1.20. The van der Waals surface area contributed by atoms with E-state index < -0.39 is 5.97 Å². The van der Waals surface area contributed by atoms with Crippen LogP contribution in [0.5, 0.6) is 0 Å². The predicted molar refractivity (Wildman–Crippen MR) is 63.8 cm³/mol. The van der Waals surface area contributed by atoms with Gasteiger partial charge in [0.2, 0.25) is 0 Å². The lowest BCUT2D eigenvalue weighted by molar-refractivity contribution is -0.137. The molecule has 1 unspecified atom stereocenters. The molecule has 94 valence electrons. The zero-order valence-corrected chi connectivity index (χ0v) is 10.3. The summed E-state index contributed by atoms with van der Waals surface area (Å²) in [6.07, 6.45) is 2.14. The average Bonchev–Trinajstić information content (AvgIpc) is 2.76. The number of rotatable bonds is 6. The zero-order valence-electron chi connectivity index (χ0n) is 9.47. The number of aliphatic carboxylic acids is 1. The molecule has 0 aliphatic rings. The fourth-order valence-corrected chi connectivity index (χ4v) is 1.74. The number of hydrogen-bond acceptors (Lipinski definition) is 4. The summed E-state index contributed by atoms with van der Waals surface area (Å²) in [6, 6.07) is -0.472. The zero-order chi connectivity index (χ0) is 12.7. The van der Waals surface area contributed by atoms with Crippen LogP contribution in [0.15, 0.2) is 11.6 Å². The molecule has 0 radical (unpaired) electrons. The Morgan fingerprint density at radius 3 is 2.94 bits per heavy atom. The lowest BCUT2D eigenvalue weighted by Gasteiger charge is -2.12. The maximum absolute atomic E-state index is 11.4. The van der Waals surface area contributed by atoms with Crippen LogP contribution in [0.2, 0.25) is 0 Å². The molecule has 2 amide bonds. The summed E-state index contributed by atoms with van der Waals surface area (Å²) in [6.45, 7) is 2.15. The number of amides is 2. The molecule has 1 heterocycles. The van der Waals surface area contributed by atoms with Crippen LogP contribution in [0, 0.1) is 0 Å². The third kappa shape index (κ3) is 5.86. The highest BCUT2D eigenvalue weighted by Crippen LogP contribution is 2.02. The standard InChI is InChI=1S/C10H15N3O3S/c1-7(2-3-9(14)15)13-10(16)12-6-8-11-4-5-17-8/h4-5,7H,2-3,6H2,1H3,(H,14,15)(H2,12,13,16). The van der Waals surface area contributed by atoms with Crippen LogP contribution in [0.1, 0.15) is 24.8 Å². The smallest absolute Gasteiger partial charge is 0.315 e. The van der Waals surface area contributed by atoms with Crippen LogP contribution in [0.25, 0.3) is 0 Å². The lowest BCUT2D eigenvalue weighted by atomic mass is 10.2. The Bertz CT molecular complexity index is 367. The number of carbonyl (C=O) groups is 2. The van der Waals surface area contributed by atoms with Crippen molar-refractivity contribution in [3.8, 4) is 0 Å². The molecule has 17 heavy (non-hydrogen) atoms. The first kappa shape index (κ1) is 13.4. The summed E-state index contributed by atoms with van der Waals surface area (Å²) in [5, 5.41) is 16.5. The Labute approximate surface area is 103 Å². The average molecular weight is 257 g/mol. The van der Waals surface area contributed by atoms with Gasteiger partial charge in [-0.25, -0.2) is 9.78 Å². The summed E-state index contributed by atoms with van der Waals surface area (Å²) in [7, 11) is 0. The number of carboxylic acid groups (broad SMARTS) is 1. The number of hydrogen-bond donors (Lipinski definition) is 3. The van der Waals surface area contributed by atoms with Gasteiger partial charge < -0.3 is 15.7 Å². The van der Waals surface area contributed by atoms with Crippen LogP contribution in [0.4, 0.5) is 4.79 Å². The highest BCUT2D eigenvalue weighted by Gasteiger charge is 2.08. The maximum atomic E-state index is 11.4. The summed E-state index contributed by atoms with van der Waals surface area (Å²) >= 11 is 1.47. The summed E-state index contributed by atoms with van der Waals surface area (Å²) in [4.78, 5) is 25.8. The van der Waals surface area contributed by atoms with E-state index in [0.29, 0.717) is 13.0 Å². The van der Waals surface area contributed by atoms with E-state index in [1.165, 1.54) is 11.3 Å². The van der Waals surface area contributed by atoms with Crippen molar-refractivity contribution >= 4 is 23.3 Å². The molecule has 6 nitrogen and oxygen atoms in total. The third-order valence-corrected chi connectivity index (χ3v) is 2.83. The van der Waals surface area contributed by atoms with E-state index in [0.717, 1.165) is 5.01 Å². The van der Waals surface area contributed by atoms with E-state index in [-0.39, 0.29) is 18.5 Å². The van der Waals surface area contributed by atoms with Gasteiger partial charge in [0, 0.05) is 24.0 Å². The molecule has 3 N–H and O–H groups in total. The third-order valence-electron chi connectivity index (χ3n) is 2.05. The fraction of sp³-hybridized carbons (Fsp3) is 0.500. The molecule has 0 fully saturated rings. The minimum absolute atomic E-state index is 0.0495. The Balaban J connectivity index is 2.18. The molecule has 0 aromatic carbocycles. The first-order valence-corrected chi connectivity index (χ1v) is 6.10. The SMILES string of the molecule is CC(CCC(=O)O)NC(=O)NCc1nccs1. The number of nitrogens with zero attached hydrogens (tertiary/aromatic N) is 1. The van der Waals surface area contributed by atoms with Crippen LogP contribution in [-0.2, 0) is 11.3 Å². The van der Waals surface area contributed by atoms with Crippen molar-refractivity contribution in [2.75, 3.05) is 0 Å². The first-order valence-electron chi connectivity index (χ1n) is 5.22. The number of carboxylic acids is 1. The molecule has 0 aliphatic carbocycles. The minimum Gasteiger partial charge on any atom is -0.481 e. The van der Waals surface area contributed by atoms with Gasteiger partial charge in [-0.3, -0.25) is 4.79 Å². The number of carbonyl (C=O) groups excluding carboxylic acids is 1. The van der Waals surface area contributed by atoms with Gasteiger partial charge in [-0.1, -0.05) is 0 Å². The topological polar surface area (TPSA) is 91.3 Å². The molecule has 1 aromatic rings. The monoisotopic (exact) mass is 257 g/mol.